The first kappa shape index (κ1) is 17.5. The fourth-order valence-corrected chi connectivity index (χ4v) is 3.82. The molecule has 0 amide bonds. The fraction of sp³-hybridized carbons (Fsp3) is 0.250. The number of nitrogens with one attached hydrogen (secondary N) is 2. The maximum atomic E-state index is 12.5. The van der Waals surface area contributed by atoms with Gasteiger partial charge in [-0.2, -0.15) is 10.2 Å². The molecule has 0 bridgehead atoms. The molecule has 4 N–H and O–H groups in total. The molecule has 4 aromatic rings. The number of piperidine rings is 1. The van der Waals surface area contributed by atoms with E-state index in [0.717, 1.165) is 48.2 Å². The third-order valence-electron chi connectivity index (χ3n) is 5.35. The number of carbonyl (C=O) groups is 1. The lowest BCUT2D eigenvalue weighted by Gasteiger charge is -2.23. The third-order valence-corrected chi connectivity index (χ3v) is 5.35. The summed E-state index contributed by atoms with van der Waals surface area (Å²) in [5, 5.41) is 15.5. The highest BCUT2D eigenvalue weighted by Gasteiger charge is 2.23. The molecule has 3 aromatic heterocycles. The van der Waals surface area contributed by atoms with Crippen molar-refractivity contribution >= 4 is 22.6 Å². The zero-order valence-corrected chi connectivity index (χ0v) is 15.7. The van der Waals surface area contributed by atoms with Gasteiger partial charge in [0.2, 0.25) is 0 Å². The second-order valence-electron chi connectivity index (χ2n) is 7.13. The molecule has 0 radical (unpaired) electrons. The minimum atomic E-state index is -0.0850. The molecule has 9 nitrogen and oxygen atoms in total. The molecule has 1 fully saturated rings. The van der Waals surface area contributed by atoms with Gasteiger partial charge < -0.3 is 11.1 Å². The van der Waals surface area contributed by atoms with Gasteiger partial charge in [0.1, 0.15) is 17.8 Å². The van der Waals surface area contributed by atoms with Crippen LogP contribution in [0.5, 0.6) is 0 Å². The number of H-pyrrole nitrogens is 1. The van der Waals surface area contributed by atoms with E-state index in [0.29, 0.717) is 16.9 Å². The molecule has 1 aliphatic rings. The number of benzene rings is 1. The van der Waals surface area contributed by atoms with Crippen LogP contribution in [0.1, 0.15) is 34.8 Å². The van der Waals surface area contributed by atoms with Crippen LogP contribution < -0.4 is 11.1 Å². The summed E-state index contributed by atoms with van der Waals surface area (Å²) >= 11 is 0. The maximum Gasteiger partial charge on any atom is 0.196 e. The summed E-state index contributed by atoms with van der Waals surface area (Å²) in [5.74, 6) is 0.321. The molecule has 9 heteroatoms. The summed E-state index contributed by atoms with van der Waals surface area (Å²) in [7, 11) is 0. The number of anilines is 1. The van der Waals surface area contributed by atoms with Crippen LogP contribution >= 0.6 is 0 Å². The molecule has 1 aromatic carbocycles. The molecule has 1 aliphatic heterocycles. The highest BCUT2D eigenvalue weighted by Crippen LogP contribution is 2.33. The lowest BCUT2D eigenvalue weighted by Crippen LogP contribution is -2.30. The lowest BCUT2D eigenvalue weighted by molar-refractivity contribution is 0.103. The first-order chi connectivity index (χ1) is 14.2. The van der Waals surface area contributed by atoms with Gasteiger partial charge in [-0.15, -0.1) is 0 Å². The summed E-state index contributed by atoms with van der Waals surface area (Å²) in [6, 6.07) is 7.62. The van der Waals surface area contributed by atoms with Crippen LogP contribution in [0.25, 0.3) is 22.3 Å². The van der Waals surface area contributed by atoms with Crippen LogP contribution in [-0.4, -0.2) is 48.8 Å². The normalized spacial score (nSPS) is 15.0. The topological polar surface area (TPSA) is 127 Å². The summed E-state index contributed by atoms with van der Waals surface area (Å²) in [5.41, 5.74) is 9.66. The predicted molar refractivity (Wildman–Crippen MR) is 108 cm³/mol. The molecule has 146 valence electrons. The zero-order valence-electron chi connectivity index (χ0n) is 15.7. The van der Waals surface area contributed by atoms with Crippen molar-refractivity contribution < 1.29 is 4.79 Å². The van der Waals surface area contributed by atoms with Crippen molar-refractivity contribution in [2.45, 2.75) is 18.9 Å². The Morgan fingerprint density at radius 1 is 1.10 bits per heavy atom. The summed E-state index contributed by atoms with van der Waals surface area (Å²) < 4.78 is 1.98. The second kappa shape index (κ2) is 7.10. The number of hydrogen-bond acceptors (Lipinski definition) is 7. The Morgan fingerprint density at radius 2 is 1.90 bits per heavy atom. The van der Waals surface area contributed by atoms with Crippen molar-refractivity contribution in [3.05, 3.63) is 54.1 Å². The average Bonchev–Trinajstić information content (AvgIpc) is 3.43. The fourth-order valence-electron chi connectivity index (χ4n) is 3.82. The molecule has 0 spiro atoms. The van der Waals surface area contributed by atoms with Crippen molar-refractivity contribution in [2.75, 3.05) is 18.8 Å². The summed E-state index contributed by atoms with van der Waals surface area (Å²) in [4.78, 5) is 21.1. The number of nitrogen functional groups attached to an aromatic ring is 1. The average molecular weight is 388 g/mol. The van der Waals surface area contributed by atoms with Crippen molar-refractivity contribution in [1.29, 1.82) is 0 Å². The highest BCUT2D eigenvalue weighted by molar-refractivity contribution is 6.09. The van der Waals surface area contributed by atoms with E-state index in [4.69, 9.17) is 10.8 Å². The van der Waals surface area contributed by atoms with E-state index in [-0.39, 0.29) is 11.8 Å². The molecule has 29 heavy (non-hydrogen) atoms. The van der Waals surface area contributed by atoms with Crippen LogP contribution in [0, 0.1) is 0 Å². The van der Waals surface area contributed by atoms with E-state index in [1.165, 1.54) is 12.5 Å². The number of nitrogens with zero attached hydrogens (tertiary/aromatic N) is 5. The Labute approximate surface area is 166 Å². The molecule has 0 aliphatic carbocycles. The number of rotatable bonds is 4. The van der Waals surface area contributed by atoms with Gasteiger partial charge in [-0.3, -0.25) is 9.89 Å². The van der Waals surface area contributed by atoms with Crippen molar-refractivity contribution in [1.82, 2.24) is 35.3 Å². The highest BCUT2D eigenvalue weighted by atomic mass is 16.1. The van der Waals surface area contributed by atoms with E-state index in [2.05, 4.69) is 25.5 Å². The van der Waals surface area contributed by atoms with E-state index < -0.39 is 0 Å². The number of carbonyl (C=O) groups excluding carboxylic acids is 1. The van der Waals surface area contributed by atoms with Gasteiger partial charge in [0.05, 0.1) is 23.2 Å². The molecular weight excluding hydrogens is 368 g/mol. The molecule has 0 unspecified atom stereocenters. The Kier molecular flexibility index (Phi) is 4.28. The Bertz CT molecular complexity index is 1160. The van der Waals surface area contributed by atoms with Crippen LogP contribution in [0.3, 0.4) is 0 Å². The van der Waals surface area contributed by atoms with Gasteiger partial charge in [0.15, 0.2) is 11.4 Å². The van der Waals surface area contributed by atoms with Crippen LogP contribution in [0.2, 0.25) is 0 Å². The first-order valence-electron chi connectivity index (χ1n) is 9.55. The third kappa shape index (κ3) is 3.05. The maximum absolute atomic E-state index is 12.5. The molecule has 1 saturated heterocycles. The summed E-state index contributed by atoms with van der Waals surface area (Å²) in [6.45, 7) is 1.90. The number of ketones is 1. The van der Waals surface area contributed by atoms with E-state index >= 15 is 0 Å². The predicted octanol–water partition coefficient (Wildman–Crippen LogP) is 1.95. The van der Waals surface area contributed by atoms with Crippen LogP contribution in [-0.2, 0) is 0 Å². The van der Waals surface area contributed by atoms with E-state index in [1.54, 1.807) is 18.3 Å². The first-order valence-corrected chi connectivity index (χ1v) is 9.55. The lowest BCUT2D eigenvalue weighted by atomic mass is 10.0. The number of nitrogens with two attached hydrogens (primary N) is 1. The SMILES string of the molecule is Nc1ncnc2c1c(-c1ccc(C(=O)c3cn[nH]c3)cc1)nn2C1CCNCC1. The molecular formula is C20H20N8O. The van der Waals surface area contributed by atoms with E-state index in [1.807, 2.05) is 16.8 Å². The minimum absolute atomic E-state index is 0.0850. The van der Waals surface area contributed by atoms with Crippen molar-refractivity contribution in [3.63, 3.8) is 0 Å². The Hall–Kier alpha value is -3.59. The molecule has 0 atom stereocenters. The number of aromatic amines is 1. The standard InChI is InChI=1S/C20H20N8O/c21-19-16-17(12-1-3-13(4-2-12)18(29)14-9-25-26-10-14)27-28(20(16)24-11-23-19)15-5-7-22-8-6-15/h1-4,9-11,15,22H,5-8H2,(H,25,26)(H2,21,23,24). The number of fused-ring (bicyclic) bond motifs is 1. The summed E-state index contributed by atoms with van der Waals surface area (Å²) in [6.07, 6.45) is 6.55. The number of aromatic nitrogens is 6. The Morgan fingerprint density at radius 3 is 2.62 bits per heavy atom. The largest absolute Gasteiger partial charge is 0.383 e. The van der Waals surface area contributed by atoms with Crippen molar-refractivity contribution in [3.8, 4) is 11.3 Å². The van der Waals surface area contributed by atoms with Gasteiger partial charge in [0.25, 0.3) is 0 Å². The van der Waals surface area contributed by atoms with Crippen LogP contribution in [0.4, 0.5) is 5.82 Å². The number of hydrogen-bond donors (Lipinski definition) is 3. The van der Waals surface area contributed by atoms with Gasteiger partial charge in [-0.25, -0.2) is 14.6 Å². The molecule has 0 saturated carbocycles. The van der Waals surface area contributed by atoms with Gasteiger partial charge in [-0.05, 0) is 25.9 Å². The monoisotopic (exact) mass is 388 g/mol. The van der Waals surface area contributed by atoms with Crippen LogP contribution in [0.15, 0.2) is 43.0 Å². The second-order valence-corrected chi connectivity index (χ2v) is 7.13. The quantitative estimate of drug-likeness (QED) is 0.456. The smallest absolute Gasteiger partial charge is 0.196 e. The van der Waals surface area contributed by atoms with Gasteiger partial charge in [0, 0.05) is 17.3 Å². The van der Waals surface area contributed by atoms with E-state index in [9.17, 15) is 4.79 Å². The minimum Gasteiger partial charge on any atom is -0.383 e. The zero-order chi connectivity index (χ0) is 19.8. The van der Waals surface area contributed by atoms with Gasteiger partial charge >= 0.3 is 0 Å². The van der Waals surface area contributed by atoms with Gasteiger partial charge in [-0.1, -0.05) is 24.3 Å². The Balaban J connectivity index is 1.57. The van der Waals surface area contributed by atoms with Crippen molar-refractivity contribution in [2.24, 2.45) is 0 Å². The molecule has 5 rings (SSSR count). The molecule has 4 heterocycles.